The van der Waals surface area contributed by atoms with Gasteiger partial charge in [0.15, 0.2) is 0 Å². The predicted molar refractivity (Wildman–Crippen MR) is 102 cm³/mol. The first-order chi connectivity index (χ1) is 13.2. The maximum Gasteiger partial charge on any atom is 0.277 e. The van der Waals surface area contributed by atoms with E-state index in [4.69, 9.17) is 0 Å². The second-order valence-electron chi connectivity index (χ2n) is 6.37. The lowest BCUT2D eigenvalue weighted by atomic mass is 10.1. The minimum absolute atomic E-state index is 0.139. The van der Waals surface area contributed by atoms with Gasteiger partial charge in [0.25, 0.3) is 5.91 Å². The summed E-state index contributed by atoms with van der Waals surface area (Å²) in [6, 6.07) is 16.2. The summed E-state index contributed by atoms with van der Waals surface area (Å²) < 4.78 is 13.7. The summed E-state index contributed by atoms with van der Waals surface area (Å²) in [5.74, 6) is 0.000945. The van der Waals surface area contributed by atoms with Gasteiger partial charge in [0.05, 0.1) is 0 Å². The van der Waals surface area contributed by atoms with Gasteiger partial charge in [0, 0.05) is 25.0 Å². The quantitative estimate of drug-likeness (QED) is 0.755. The largest absolute Gasteiger partial charge is 0.354 e. The van der Waals surface area contributed by atoms with Gasteiger partial charge in [-0.25, -0.2) is 14.4 Å². The SMILES string of the molecule is O=C(c1ccnc(NCCc2ccccc2F)n1)N1CCc2ccccc21. The number of nitrogens with zero attached hydrogens (tertiary/aromatic N) is 3. The predicted octanol–water partition coefficient (Wildman–Crippen LogP) is 3.47. The van der Waals surface area contributed by atoms with Crippen molar-refractivity contribution in [3.63, 3.8) is 0 Å². The number of aromatic nitrogens is 2. The summed E-state index contributed by atoms with van der Waals surface area (Å²) in [5, 5.41) is 3.07. The van der Waals surface area contributed by atoms with Crippen molar-refractivity contribution in [2.45, 2.75) is 12.8 Å². The van der Waals surface area contributed by atoms with Crippen molar-refractivity contribution in [2.75, 3.05) is 23.3 Å². The van der Waals surface area contributed by atoms with Crippen LogP contribution in [-0.4, -0.2) is 29.0 Å². The van der Waals surface area contributed by atoms with Crippen LogP contribution < -0.4 is 10.2 Å². The number of carbonyl (C=O) groups excluding carboxylic acids is 1. The van der Waals surface area contributed by atoms with E-state index in [-0.39, 0.29) is 11.7 Å². The summed E-state index contributed by atoms with van der Waals surface area (Å²) >= 11 is 0. The van der Waals surface area contributed by atoms with Crippen LogP contribution >= 0.6 is 0 Å². The summed E-state index contributed by atoms with van der Waals surface area (Å²) in [4.78, 5) is 23.1. The van der Waals surface area contributed by atoms with Crippen molar-refractivity contribution in [2.24, 2.45) is 0 Å². The topological polar surface area (TPSA) is 58.1 Å². The van der Waals surface area contributed by atoms with Gasteiger partial charge in [-0.15, -0.1) is 0 Å². The number of carbonyl (C=O) groups is 1. The van der Waals surface area contributed by atoms with Crippen LogP contribution in [0.25, 0.3) is 0 Å². The summed E-state index contributed by atoms with van der Waals surface area (Å²) in [6.45, 7) is 1.13. The molecule has 0 aliphatic carbocycles. The molecule has 2 aromatic carbocycles. The molecule has 136 valence electrons. The van der Waals surface area contributed by atoms with E-state index in [0.29, 0.717) is 36.7 Å². The number of amides is 1. The third-order valence-electron chi connectivity index (χ3n) is 4.64. The van der Waals surface area contributed by atoms with E-state index >= 15 is 0 Å². The number of fused-ring (bicyclic) bond motifs is 1. The Bertz CT molecular complexity index is 976. The molecular formula is C21H19FN4O. The first-order valence-corrected chi connectivity index (χ1v) is 8.92. The van der Waals surface area contributed by atoms with Crippen LogP contribution in [0.4, 0.5) is 16.0 Å². The van der Waals surface area contributed by atoms with Gasteiger partial charge in [-0.2, -0.15) is 0 Å². The molecule has 0 spiro atoms. The summed E-state index contributed by atoms with van der Waals surface area (Å²) in [7, 11) is 0. The van der Waals surface area contributed by atoms with Crippen LogP contribution in [0.3, 0.4) is 0 Å². The van der Waals surface area contributed by atoms with E-state index in [9.17, 15) is 9.18 Å². The van der Waals surface area contributed by atoms with Gasteiger partial charge in [0.1, 0.15) is 11.5 Å². The number of para-hydroxylation sites is 1. The fraction of sp³-hybridized carbons (Fsp3) is 0.190. The lowest BCUT2D eigenvalue weighted by Gasteiger charge is -2.17. The van der Waals surface area contributed by atoms with E-state index in [1.165, 1.54) is 11.6 Å². The molecule has 3 aromatic rings. The second-order valence-corrected chi connectivity index (χ2v) is 6.37. The zero-order chi connectivity index (χ0) is 18.6. The molecule has 1 aliphatic heterocycles. The van der Waals surface area contributed by atoms with Crippen molar-refractivity contribution in [1.29, 1.82) is 0 Å². The average molecular weight is 362 g/mol. The standard InChI is InChI=1S/C21H19FN4O/c22-17-7-3-1-5-15(17)9-12-23-21-24-13-10-18(25-21)20(27)26-14-11-16-6-2-4-8-19(16)26/h1-8,10,13H,9,11-12,14H2,(H,23,24,25). The van der Waals surface area contributed by atoms with E-state index in [2.05, 4.69) is 15.3 Å². The van der Waals surface area contributed by atoms with Gasteiger partial charge in [-0.1, -0.05) is 36.4 Å². The van der Waals surface area contributed by atoms with Gasteiger partial charge in [-0.3, -0.25) is 4.79 Å². The first kappa shape index (κ1) is 17.1. The number of anilines is 2. The van der Waals surface area contributed by atoms with Crippen LogP contribution in [0, 0.1) is 5.82 Å². The maximum atomic E-state index is 13.7. The van der Waals surface area contributed by atoms with Crippen molar-refractivity contribution in [1.82, 2.24) is 9.97 Å². The Morgan fingerprint density at radius 1 is 1.11 bits per heavy atom. The molecular weight excluding hydrogens is 343 g/mol. The van der Waals surface area contributed by atoms with E-state index < -0.39 is 0 Å². The number of halogens is 1. The molecule has 1 aliphatic rings. The Morgan fingerprint density at radius 2 is 1.93 bits per heavy atom. The Morgan fingerprint density at radius 3 is 2.81 bits per heavy atom. The lowest BCUT2D eigenvalue weighted by molar-refractivity contribution is 0.0984. The van der Waals surface area contributed by atoms with Crippen LogP contribution in [0.5, 0.6) is 0 Å². The highest BCUT2D eigenvalue weighted by Crippen LogP contribution is 2.28. The number of hydrogen-bond donors (Lipinski definition) is 1. The van der Waals surface area contributed by atoms with E-state index in [1.54, 1.807) is 29.3 Å². The Labute approximate surface area is 156 Å². The van der Waals surface area contributed by atoms with Crippen LogP contribution in [-0.2, 0) is 12.8 Å². The lowest BCUT2D eigenvalue weighted by Crippen LogP contribution is -2.30. The fourth-order valence-electron chi connectivity index (χ4n) is 3.26. The molecule has 27 heavy (non-hydrogen) atoms. The van der Waals surface area contributed by atoms with E-state index in [0.717, 1.165) is 12.1 Å². The van der Waals surface area contributed by atoms with Crippen LogP contribution in [0.15, 0.2) is 60.8 Å². The van der Waals surface area contributed by atoms with Crippen molar-refractivity contribution in [3.05, 3.63) is 83.4 Å². The third-order valence-corrected chi connectivity index (χ3v) is 4.64. The van der Waals surface area contributed by atoms with Crippen molar-refractivity contribution in [3.8, 4) is 0 Å². The number of benzene rings is 2. The smallest absolute Gasteiger partial charge is 0.277 e. The second kappa shape index (κ2) is 7.53. The molecule has 0 bridgehead atoms. The monoisotopic (exact) mass is 362 g/mol. The Balaban J connectivity index is 1.43. The average Bonchev–Trinajstić information content (AvgIpc) is 3.13. The minimum Gasteiger partial charge on any atom is -0.354 e. The number of hydrogen-bond acceptors (Lipinski definition) is 4. The molecule has 0 radical (unpaired) electrons. The van der Waals surface area contributed by atoms with Crippen molar-refractivity contribution < 1.29 is 9.18 Å². The molecule has 0 unspecified atom stereocenters. The first-order valence-electron chi connectivity index (χ1n) is 8.92. The Hall–Kier alpha value is -3.28. The normalized spacial score (nSPS) is 12.7. The van der Waals surface area contributed by atoms with Gasteiger partial charge >= 0.3 is 0 Å². The van der Waals surface area contributed by atoms with Crippen LogP contribution in [0.1, 0.15) is 21.6 Å². The zero-order valence-corrected chi connectivity index (χ0v) is 14.7. The molecule has 0 fully saturated rings. The van der Waals surface area contributed by atoms with Gasteiger partial charge < -0.3 is 10.2 Å². The highest BCUT2D eigenvalue weighted by molar-refractivity contribution is 6.06. The maximum absolute atomic E-state index is 13.7. The van der Waals surface area contributed by atoms with Crippen LogP contribution in [0.2, 0.25) is 0 Å². The molecule has 4 rings (SSSR count). The Kier molecular flexibility index (Phi) is 4.78. The zero-order valence-electron chi connectivity index (χ0n) is 14.7. The van der Waals surface area contributed by atoms with Gasteiger partial charge in [0.2, 0.25) is 5.95 Å². The molecule has 1 aromatic heterocycles. The number of rotatable bonds is 5. The minimum atomic E-state index is -0.225. The molecule has 2 heterocycles. The molecule has 0 saturated carbocycles. The molecule has 5 nitrogen and oxygen atoms in total. The molecule has 1 amide bonds. The highest BCUT2D eigenvalue weighted by Gasteiger charge is 2.26. The fourth-order valence-corrected chi connectivity index (χ4v) is 3.26. The molecule has 0 saturated heterocycles. The third kappa shape index (κ3) is 3.65. The summed E-state index contributed by atoms with van der Waals surface area (Å²) in [6.07, 6.45) is 2.92. The molecule has 1 N–H and O–H groups in total. The number of nitrogens with one attached hydrogen (secondary N) is 1. The molecule has 6 heteroatoms. The van der Waals surface area contributed by atoms with Gasteiger partial charge in [-0.05, 0) is 42.2 Å². The van der Waals surface area contributed by atoms with E-state index in [1.807, 2.05) is 30.3 Å². The van der Waals surface area contributed by atoms with Crippen molar-refractivity contribution >= 4 is 17.5 Å². The highest BCUT2D eigenvalue weighted by atomic mass is 19.1. The molecule has 0 atom stereocenters. The summed E-state index contributed by atoms with van der Waals surface area (Å²) in [5.41, 5.74) is 3.08.